The molecule has 0 unspecified atom stereocenters. The van der Waals surface area contributed by atoms with E-state index in [-0.39, 0.29) is 0 Å². The van der Waals surface area contributed by atoms with Crippen LogP contribution < -0.4 is 4.74 Å². The highest BCUT2D eigenvalue weighted by Crippen LogP contribution is 2.24. The van der Waals surface area contributed by atoms with Crippen LogP contribution in [0.4, 0.5) is 0 Å². The standard InChI is InChI=1S/C21H26N2O/c1-2-3-4-5-6-7-8-16-24-21-14-11-18-17-10-9-15-22-19(17)12-13-20(18)23-21/h9-15H,2-8,16H2,1H3. The maximum absolute atomic E-state index is 5.83. The fraction of sp³-hybridized carbons (Fsp3) is 0.429. The van der Waals surface area contributed by atoms with Crippen LogP contribution in [0.2, 0.25) is 0 Å². The van der Waals surface area contributed by atoms with E-state index in [1.165, 1.54) is 38.5 Å². The first-order valence-corrected chi connectivity index (χ1v) is 9.16. The van der Waals surface area contributed by atoms with Crippen LogP contribution in [0.3, 0.4) is 0 Å². The lowest BCUT2D eigenvalue weighted by Gasteiger charge is -2.07. The second-order valence-corrected chi connectivity index (χ2v) is 6.32. The summed E-state index contributed by atoms with van der Waals surface area (Å²) in [6, 6.07) is 12.1. The summed E-state index contributed by atoms with van der Waals surface area (Å²) in [4.78, 5) is 9.03. The van der Waals surface area contributed by atoms with Crippen molar-refractivity contribution >= 4 is 21.8 Å². The summed E-state index contributed by atoms with van der Waals surface area (Å²) in [5, 5.41) is 2.27. The van der Waals surface area contributed by atoms with Gasteiger partial charge in [-0.2, -0.15) is 0 Å². The molecule has 2 aromatic heterocycles. The van der Waals surface area contributed by atoms with Gasteiger partial charge in [-0.05, 0) is 30.7 Å². The highest BCUT2D eigenvalue weighted by atomic mass is 16.5. The van der Waals surface area contributed by atoms with E-state index in [0.717, 1.165) is 40.7 Å². The van der Waals surface area contributed by atoms with E-state index in [2.05, 4.69) is 29.0 Å². The van der Waals surface area contributed by atoms with E-state index in [1.54, 1.807) is 0 Å². The average molecular weight is 322 g/mol. The van der Waals surface area contributed by atoms with Crippen molar-refractivity contribution in [2.75, 3.05) is 6.61 Å². The molecule has 0 atom stereocenters. The van der Waals surface area contributed by atoms with E-state index < -0.39 is 0 Å². The van der Waals surface area contributed by atoms with Crippen LogP contribution in [0.5, 0.6) is 5.88 Å². The molecule has 0 aliphatic rings. The zero-order chi connectivity index (χ0) is 16.6. The van der Waals surface area contributed by atoms with Crippen LogP contribution in [0.1, 0.15) is 51.9 Å². The molecule has 0 amide bonds. The quantitative estimate of drug-likeness (QED) is 0.363. The third kappa shape index (κ3) is 4.22. The van der Waals surface area contributed by atoms with Crippen LogP contribution in [0.25, 0.3) is 21.8 Å². The van der Waals surface area contributed by atoms with Gasteiger partial charge in [0, 0.05) is 23.0 Å². The first kappa shape index (κ1) is 16.7. The zero-order valence-corrected chi connectivity index (χ0v) is 14.5. The van der Waals surface area contributed by atoms with Gasteiger partial charge in [0.1, 0.15) is 0 Å². The molecule has 3 heteroatoms. The van der Waals surface area contributed by atoms with Crippen molar-refractivity contribution in [1.82, 2.24) is 9.97 Å². The van der Waals surface area contributed by atoms with Gasteiger partial charge in [-0.1, -0.05) is 51.5 Å². The summed E-state index contributed by atoms with van der Waals surface area (Å²) in [7, 11) is 0. The number of fused-ring (bicyclic) bond motifs is 3. The smallest absolute Gasteiger partial charge is 0.213 e. The fourth-order valence-corrected chi connectivity index (χ4v) is 3.06. The molecule has 3 aromatic rings. The number of pyridine rings is 2. The van der Waals surface area contributed by atoms with Gasteiger partial charge in [0.2, 0.25) is 5.88 Å². The number of hydrogen-bond acceptors (Lipinski definition) is 3. The predicted octanol–water partition coefficient (Wildman–Crippen LogP) is 5.91. The van der Waals surface area contributed by atoms with E-state index in [9.17, 15) is 0 Å². The van der Waals surface area contributed by atoms with Gasteiger partial charge in [-0.3, -0.25) is 4.98 Å². The number of rotatable bonds is 9. The number of hydrogen-bond donors (Lipinski definition) is 0. The summed E-state index contributed by atoms with van der Waals surface area (Å²) in [5.74, 6) is 0.719. The summed E-state index contributed by atoms with van der Waals surface area (Å²) in [6.45, 7) is 3.01. The Hall–Kier alpha value is -2.16. The highest BCUT2D eigenvalue weighted by molar-refractivity contribution is 6.04. The molecular weight excluding hydrogens is 296 g/mol. The highest BCUT2D eigenvalue weighted by Gasteiger charge is 2.04. The largest absolute Gasteiger partial charge is 0.478 e. The van der Waals surface area contributed by atoms with Crippen LogP contribution >= 0.6 is 0 Å². The molecular formula is C21H26N2O. The van der Waals surface area contributed by atoms with Gasteiger partial charge in [0.25, 0.3) is 0 Å². The molecule has 3 nitrogen and oxygen atoms in total. The molecule has 3 rings (SSSR count). The fourth-order valence-electron chi connectivity index (χ4n) is 3.06. The first-order valence-electron chi connectivity index (χ1n) is 9.16. The van der Waals surface area contributed by atoms with E-state index in [1.807, 2.05) is 30.5 Å². The lowest BCUT2D eigenvalue weighted by molar-refractivity contribution is 0.294. The van der Waals surface area contributed by atoms with Gasteiger partial charge in [0.05, 0.1) is 17.6 Å². The molecule has 24 heavy (non-hydrogen) atoms. The van der Waals surface area contributed by atoms with Gasteiger partial charge < -0.3 is 4.74 Å². The maximum atomic E-state index is 5.83. The van der Waals surface area contributed by atoms with Gasteiger partial charge >= 0.3 is 0 Å². The first-order chi connectivity index (χ1) is 11.9. The van der Waals surface area contributed by atoms with Crippen LogP contribution in [0.15, 0.2) is 42.6 Å². The Morgan fingerprint density at radius 2 is 1.54 bits per heavy atom. The molecule has 0 aliphatic heterocycles. The maximum Gasteiger partial charge on any atom is 0.213 e. The van der Waals surface area contributed by atoms with Crippen LogP contribution in [-0.2, 0) is 0 Å². The van der Waals surface area contributed by atoms with E-state index in [4.69, 9.17) is 4.74 Å². The molecule has 0 saturated heterocycles. The van der Waals surface area contributed by atoms with Crippen molar-refractivity contribution in [3.8, 4) is 5.88 Å². The minimum Gasteiger partial charge on any atom is -0.478 e. The van der Waals surface area contributed by atoms with Crippen molar-refractivity contribution in [3.05, 3.63) is 42.6 Å². The Kier molecular flexibility index (Phi) is 6.00. The number of benzene rings is 1. The van der Waals surface area contributed by atoms with Crippen molar-refractivity contribution in [1.29, 1.82) is 0 Å². The van der Waals surface area contributed by atoms with E-state index in [0.29, 0.717) is 0 Å². The molecule has 126 valence electrons. The summed E-state index contributed by atoms with van der Waals surface area (Å²) in [6.07, 6.45) is 10.9. The molecule has 0 aliphatic carbocycles. The SMILES string of the molecule is CCCCCCCCCOc1ccc2c(ccc3ncccc32)n1. The van der Waals surface area contributed by atoms with Gasteiger partial charge in [-0.25, -0.2) is 4.98 Å². The topological polar surface area (TPSA) is 35.0 Å². The second kappa shape index (κ2) is 8.62. The van der Waals surface area contributed by atoms with Crippen molar-refractivity contribution in [2.24, 2.45) is 0 Å². The average Bonchev–Trinajstić information content (AvgIpc) is 2.63. The lowest BCUT2D eigenvalue weighted by Crippen LogP contribution is -1.99. The molecule has 1 aromatic carbocycles. The van der Waals surface area contributed by atoms with Crippen molar-refractivity contribution in [2.45, 2.75) is 51.9 Å². The summed E-state index contributed by atoms with van der Waals surface area (Å²) < 4.78 is 5.83. The Bertz CT molecular complexity index is 785. The van der Waals surface area contributed by atoms with Crippen molar-refractivity contribution < 1.29 is 4.74 Å². The summed E-state index contributed by atoms with van der Waals surface area (Å²) >= 11 is 0. The third-order valence-electron chi connectivity index (χ3n) is 4.42. The van der Waals surface area contributed by atoms with Crippen LogP contribution in [0, 0.1) is 0 Å². The Morgan fingerprint density at radius 3 is 2.42 bits per heavy atom. The lowest BCUT2D eigenvalue weighted by atomic mass is 10.1. The minimum atomic E-state index is 0.719. The third-order valence-corrected chi connectivity index (χ3v) is 4.42. The molecule has 0 N–H and O–H groups in total. The number of nitrogens with zero attached hydrogens (tertiary/aromatic N) is 2. The molecule has 0 saturated carbocycles. The van der Waals surface area contributed by atoms with E-state index >= 15 is 0 Å². The molecule has 0 spiro atoms. The van der Waals surface area contributed by atoms with Gasteiger partial charge in [0.15, 0.2) is 0 Å². The second-order valence-electron chi connectivity index (χ2n) is 6.32. The monoisotopic (exact) mass is 322 g/mol. The van der Waals surface area contributed by atoms with Crippen LogP contribution in [-0.4, -0.2) is 16.6 Å². The predicted molar refractivity (Wildman–Crippen MR) is 101 cm³/mol. The molecule has 0 radical (unpaired) electrons. The number of ether oxygens (including phenoxy) is 1. The molecule has 0 bridgehead atoms. The molecule has 2 heterocycles. The summed E-state index contributed by atoms with van der Waals surface area (Å²) in [5.41, 5.74) is 1.97. The normalized spacial score (nSPS) is 11.2. The minimum absolute atomic E-state index is 0.719. The number of unbranched alkanes of at least 4 members (excludes halogenated alkanes) is 6. The Balaban J connectivity index is 1.54. The Labute approximate surface area is 144 Å². The molecule has 0 fully saturated rings. The van der Waals surface area contributed by atoms with Crippen molar-refractivity contribution in [3.63, 3.8) is 0 Å². The number of aromatic nitrogens is 2. The van der Waals surface area contributed by atoms with Gasteiger partial charge in [-0.15, -0.1) is 0 Å². The Morgan fingerprint density at radius 1 is 0.792 bits per heavy atom. The zero-order valence-electron chi connectivity index (χ0n) is 14.5.